The van der Waals surface area contributed by atoms with Crippen molar-refractivity contribution in [1.82, 2.24) is 4.98 Å². The SMILES string of the molecule is CCc1ccc(-c2csc(NC(=O)[C@H](C)OC(=O)COc3ccccc3)n2)cc1. The Morgan fingerprint density at radius 1 is 1.10 bits per heavy atom. The summed E-state index contributed by atoms with van der Waals surface area (Å²) in [5, 5.41) is 5.01. The number of nitrogens with zero attached hydrogens (tertiary/aromatic N) is 1. The molecule has 1 heterocycles. The van der Waals surface area contributed by atoms with E-state index in [-0.39, 0.29) is 6.61 Å². The number of amides is 1. The van der Waals surface area contributed by atoms with Crippen molar-refractivity contribution in [2.45, 2.75) is 26.4 Å². The van der Waals surface area contributed by atoms with Crippen molar-refractivity contribution in [2.75, 3.05) is 11.9 Å². The molecule has 1 aromatic heterocycles. The van der Waals surface area contributed by atoms with Crippen LogP contribution in [0.4, 0.5) is 5.13 Å². The summed E-state index contributed by atoms with van der Waals surface area (Å²) < 4.78 is 10.4. The summed E-state index contributed by atoms with van der Waals surface area (Å²) in [6, 6.07) is 17.1. The molecule has 150 valence electrons. The number of thiazole rings is 1. The Balaban J connectivity index is 1.50. The maximum atomic E-state index is 12.3. The molecule has 3 rings (SSSR count). The Labute approximate surface area is 173 Å². The monoisotopic (exact) mass is 410 g/mol. The molecule has 0 saturated carbocycles. The smallest absolute Gasteiger partial charge is 0.344 e. The summed E-state index contributed by atoms with van der Waals surface area (Å²) in [5.74, 6) is -0.503. The molecule has 0 radical (unpaired) electrons. The van der Waals surface area contributed by atoms with E-state index in [1.165, 1.54) is 23.8 Å². The summed E-state index contributed by atoms with van der Waals surface area (Å²) in [7, 11) is 0. The van der Waals surface area contributed by atoms with Gasteiger partial charge in [-0.2, -0.15) is 0 Å². The molecule has 7 heteroatoms. The van der Waals surface area contributed by atoms with E-state index in [2.05, 4.69) is 29.4 Å². The normalized spacial score (nSPS) is 11.5. The molecule has 3 aromatic rings. The lowest BCUT2D eigenvalue weighted by molar-refractivity contribution is -0.155. The Bertz CT molecular complexity index is 954. The second-order valence-corrected chi connectivity index (χ2v) is 7.17. The van der Waals surface area contributed by atoms with Crippen LogP contribution >= 0.6 is 11.3 Å². The third-order valence-corrected chi connectivity index (χ3v) is 4.93. The van der Waals surface area contributed by atoms with Crippen LogP contribution in [-0.2, 0) is 20.7 Å². The van der Waals surface area contributed by atoms with Crippen LogP contribution in [0.2, 0.25) is 0 Å². The maximum Gasteiger partial charge on any atom is 0.344 e. The first-order valence-corrected chi connectivity index (χ1v) is 10.2. The molecule has 2 aromatic carbocycles. The Kier molecular flexibility index (Phi) is 6.97. The molecule has 1 amide bonds. The zero-order valence-electron chi connectivity index (χ0n) is 16.3. The van der Waals surface area contributed by atoms with Gasteiger partial charge in [0.05, 0.1) is 5.69 Å². The molecule has 0 aliphatic carbocycles. The van der Waals surface area contributed by atoms with Gasteiger partial charge in [-0.25, -0.2) is 9.78 Å². The first-order valence-electron chi connectivity index (χ1n) is 9.28. The number of carbonyl (C=O) groups excluding carboxylic acids is 2. The number of benzene rings is 2. The number of aryl methyl sites for hydroxylation is 1. The van der Waals surface area contributed by atoms with Gasteiger partial charge in [-0.1, -0.05) is 49.4 Å². The van der Waals surface area contributed by atoms with Crippen molar-refractivity contribution in [3.8, 4) is 17.0 Å². The van der Waals surface area contributed by atoms with Crippen LogP contribution < -0.4 is 10.1 Å². The molecule has 0 bridgehead atoms. The highest BCUT2D eigenvalue weighted by Gasteiger charge is 2.19. The molecule has 0 unspecified atom stereocenters. The number of carbonyl (C=O) groups is 2. The van der Waals surface area contributed by atoms with Gasteiger partial charge in [0.1, 0.15) is 5.75 Å². The first-order chi connectivity index (χ1) is 14.0. The molecular weight excluding hydrogens is 388 g/mol. The van der Waals surface area contributed by atoms with Gasteiger partial charge in [-0.05, 0) is 31.0 Å². The van der Waals surface area contributed by atoms with Crippen LogP contribution in [0, 0.1) is 0 Å². The molecule has 6 nitrogen and oxygen atoms in total. The summed E-state index contributed by atoms with van der Waals surface area (Å²) in [5.41, 5.74) is 3.02. The summed E-state index contributed by atoms with van der Waals surface area (Å²) in [6.45, 7) is 3.35. The van der Waals surface area contributed by atoms with Crippen molar-refractivity contribution in [3.05, 3.63) is 65.5 Å². The van der Waals surface area contributed by atoms with Crippen molar-refractivity contribution < 1.29 is 19.1 Å². The van der Waals surface area contributed by atoms with Gasteiger partial charge in [-0.3, -0.25) is 10.1 Å². The van der Waals surface area contributed by atoms with Crippen molar-refractivity contribution in [1.29, 1.82) is 0 Å². The number of ether oxygens (including phenoxy) is 2. The molecule has 0 spiro atoms. The lowest BCUT2D eigenvalue weighted by atomic mass is 10.1. The third-order valence-electron chi connectivity index (χ3n) is 4.17. The fraction of sp³-hybridized carbons (Fsp3) is 0.227. The zero-order chi connectivity index (χ0) is 20.6. The molecule has 0 saturated heterocycles. The number of esters is 1. The largest absolute Gasteiger partial charge is 0.482 e. The number of hydrogen-bond donors (Lipinski definition) is 1. The van der Waals surface area contributed by atoms with E-state index >= 15 is 0 Å². The van der Waals surface area contributed by atoms with Crippen LogP contribution in [0.25, 0.3) is 11.3 Å². The second-order valence-electron chi connectivity index (χ2n) is 6.31. The van der Waals surface area contributed by atoms with E-state index < -0.39 is 18.0 Å². The standard InChI is InChI=1S/C22H22N2O4S/c1-3-16-9-11-17(12-10-16)19-14-29-22(23-19)24-21(26)15(2)28-20(25)13-27-18-7-5-4-6-8-18/h4-12,14-15H,3,13H2,1-2H3,(H,23,24,26)/t15-/m0/s1. The average Bonchev–Trinajstić information content (AvgIpc) is 3.21. The van der Waals surface area contributed by atoms with E-state index in [1.807, 2.05) is 23.6 Å². The first kappa shape index (κ1) is 20.5. The van der Waals surface area contributed by atoms with Crippen molar-refractivity contribution >= 4 is 28.3 Å². The van der Waals surface area contributed by atoms with E-state index in [9.17, 15) is 9.59 Å². The zero-order valence-corrected chi connectivity index (χ0v) is 17.1. The van der Waals surface area contributed by atoms with Gasteiger partial charge in [0.25, 0.3) is 5.91 Å². The number of nitrogens with one attached hydrogen (secondary N) is 1. The maximum absolute atomic E-state index is 12.3. The van der Waals surface area contributed by atoms with Crippen LogP contribution in [0.15, 0.2) is 60.0 Å². The number of hydrogen-bond acceptors (Lipinski definition) is 6. The predicted octanol–water partition coefficient (Wildman–Crippen LogP) is 4.32. The van der Waals surface area contributed by atoms with E-state index in [4.69, 9.17) is 9.47 Å². The molecule has 0 fully saturated rings. The quantitative estimate of drug-likeness (QED) is 0.560. The van der Waals surface area contributed by atoms with Crippen molar-refractivity contribution in [3.63, 3.8) is 0 Å². The van der Waals surface area contributed by atoms with Gasteiger partial charge in [-0.15, -0.1) is 11.3 Å². The van der Waals surface area contributed by atoms with E-state index in [0.29, 0.717) is 10.9 Å². The van der Waals surface area contributed by atoms with Gasteiger partial charge in [0, 0.05) is 10.9 Å². The highest BCUT2D eigenvalue weighted by Crippen LogP contribution is 2.25. The fourth-order valence-corrected chi connectivity index (χ4v) is 3.25. The minimum absolute atomic E-state index is 0.267. The number of aromatic nitrogens is 1. The van der Waals surface area contributed by atoms with Crippen LogP contribution in [-0.4, -0.2) is 29.6 Å². The number of anilines is 1. The Morgan fingerprint density at radius 2 is 1.83 bits per heavy atom. The molecule has 1 atom stereocenters. The lowest BCUT2D eigenvalue weighted by Gasteiger charge is -2.12. The topological polar surface area (TPSA) is 77.5 Å². The van der Waals surface area contributed by atoms with Crippen LogP contribution in [0.1, 0.15) is 19.4 Å². The van der Waals surface area contributed by atoms with E-state index in [1.54, 1.807) is 24.3 Å². The summed E-state index contributed by atoms with van der Waals surface area (Å²) in [4.78, 5) is 28.6. The van der Waals surface area contributed by atoms with Crippen molar-refractivity contribution in [2.24, 2.45) is 0 Å². The number of para-hydroxylation sites is 1. The van der Waals surface area contributed by atoms with Gasteiger partial charge in [0.15, 0.2) is 17.8 Å². The third kappa shape index (κ3) is 5.89. The molecule has 29 heavy (non-hydrogen) atoms. The van der Waals surface area contributed by atoms with Gasteiger partial charge < -0.3 is 9.47 Å². The van der Waals surface area contributed by atoms with Gasteiger partial charge in [0.2, 0.25) is 0 Å². The molecule has 0 aliphatic rings. The molecular formula is C22H22N2O4S. The molecule has 1 N–H and O–H groups in total. The minimum atomic E-state index is -0.960. The Hall–Kier alpha value is -3.19. The highest BCUT2D eigenvalue weighted by atomic mass is 32.1. The number of rotatable bonds is 8. The lowest BCUT2D eigenvalue weighted by Crippen LogP contribution is -2.31. The average molecular weight is 410 g/mol. The highest BCUT2D eigenvalue weighted by molar-refractivity contribution is 7.14. The van der Waals surface area contributed by atoms with Gasteiger partial charge >= 0.3 is 5.97 Å². The minimum Gasteiger partial charge on any atom is -0.482 e. The van der Waals surface area contributed by atoms with E-state index in [0.717, 1.165) is 17.7 Å². The second kappa shape index (κ2) is 9.84. The van der Waals surface area contributed by atoms with Crippen LogP contribution in [0.5, 0.6) is 5.75 Å². The summed E-state index contributed by atoms with van der Waals surface area (Å²) >= 11 is 1.32. The predicted molar refractivity (Wildman–Crippen MR) is 113 cm³/mol. The molecule has 0 aliphatic heterocycles. The summed E-state index contributed by atoms with van der Waals surface area (Å²) in [6.07, 6.45) is 0.0177. The Morgan fingerprint density at radius 3 is 2.52 bits per heavy atom. The fourth-order valence-electron chi connectivity index (χ4n) is 2.53. The van der Waals surface area contributed by atoms with Crippen LogP contribution in [0.3, 0.4) is 0 Å².